The van der Waals surface area contributed by atoms with E-state index >= 15 is 0 Å². The largest absolute Gasteiger partial charge is 0.466 e. The quantitative estimate of drug-likeness (QED) is 0.553. The number of carbonyl (C=O) groups is 1. The minimum Gasteiger partial charge on any atom is -0.466 e. The highest BCUT2D eigenvalue weighted by atomic mass is 16.7. The number of fused-ring (bicyclic) bond motifs is 1. The van der Waals surface area contributed by atoms with E-state index in [0.717, 1.165) is 37.3 Å². The van der Waals surface area contributed by atoms with Crippen LogP contribution in [-0.4, -0.2) is 51.1 Å². The fraction of sp³-hybridized carbons (Fsp3) is 0.423. The molecule has 1 N–H and O–H groups in total. The zero-order chi connectivity index (χ0) is 22.3. The number of likely N-dealkylation sites (tertiary alicyclic amines) is 1. The summed E-state index contributed by atoms with van der Waals surface area (Å²) in [5.74, 6) is -0.549. The van der Waals surface area contributed by atoms with Crippen molar-refractivity contribution in [3.8, 4) is 0 Å². The Kier molecular flexibility index (Phi) is 5.53. The van der Waals surface area contributed by atoms with Crippen LogP contribution in [0.5, 0.6) is 0 Å². The predicted molar refractivity (Wildman–Crippen MR) is 122 cm³/mol. The first kappa shape index (κ1) is 21.2. The zero-order valence-electron chi connectivity index (χ0n) is 18.8. The van der Waals surface area contributed by atoms with E-state index in [-0.39, 0.29) is 23.3 Å². The summed E-state index contributed by atoms with van der Waals surface area (Å²) in [5.41, 5.74) is 4.97. The number of carbonyl (C=O) groups excluding carboxylic acids is 1. The normalized spacial score (nSPS) is 26.5. The van der Waals surface area contributed by atoms with Crippen molar-refractivity contribution in [2.45, 2.75) is 37.1 Å². The summed E-state index contributed by atoms with van der Waals surface area (Å²) in [6, 6.07) is 19.2. The van der Waals surface area contributed by atoms with Gasteiger partial charge in [0.2, 0.25) is 0 Å². The van der Waals surface area contributed by atoms with Gasteiger partial charge in [-0.05, 0) is 30.0 Å². The van der Waals surface area contributed by atoms with Gasteiger partial charge in [-0.25, -0.2) is 4.79 Å². The van der Waals surface area contributed by atoms with Crippen LogP contribution in [0.3, 0.4) is 0 Å². The van der Waals surface area contributed by atoms with Gasteiger partial charge in [-0.3, -0.25) is 4.90 Å². The van der Waals surface area contributed by atoms with Crippen molar-refractivity contribution in [1.29, 1.82) is 0 Å². The topological polar surface area (TPSA) is 60.0 Å². The molecule has 0 saturated carbocycles. The number of rotatable bonds is 6. The van der Waals surface area contributed by atoms with Crippen LogP contribution < -0.4 is 5.32 Å². The second-order valence-corrected chi connectivity index (χ2v) is 8.83. The Morgan fingerprint density at radius 3 is 2.53 bits per heavy atom. The number of esters is 1. The summed E-state index contributed by atoms with van der Waals surface area (Å²) in [6.07, 6.45) is 1.17. The maximum Gasteiger partial charge on any atom is 0.336 e. The van der Waals surface area contributed by atoms with E-state index in [1.807, 2.05) is 12.1 Å². The molecule has 2 heterocycles. The lowest BCUT2D eigenvalue weighted by Gasteiger charge is -2.45. The van der Waals surface area contributed by atoms with Crippen molar-refractivity contribution < 1.29 is 19.0 Å². The summed E-state index contributed by atoms with van der Waals surface area (Å²) in [5, 5.41) is 3.62. The van der Waals surface area contributed by atoms with Crippen molar-refractivity contribution in [2.75, 3.05) is 33.2 Å². The number of anilines is 1. The first-order valence-corrected chi connectivity index (χ1v) is 11.2. The van der Waals surface area contributed by atoms with E-state index in [1.165, 1.54) is 18.2 Å². The fourth-order valence-electron chi connectivity index (χ4n) is 6.17. The van der Waals surface area contributed by atoms with Crippen LogP contribution in [0.1, 0.15) is 24.0 Å². The summed E-state index contributed by atoms with van der Waals surface area (Å²) in [6.45, 7) is 1.82. The fourth-order valence-corrected chi connectivity index (χ4v) is 6.17. The maximum absolute atomic E-state index is 13.1. The molecule has 5 rings (SSSR count). The van der Waals surface area contributed by atoms with Crippen molar-refractivity contribution in [3.05, 3.63) is 77.0 Å². The third-order valence-electron chi connectivity index (χ3n) is 7.46. The van der Waals surface area contributed by atoms with Crippen LogP contribution in [0, 0.1) is 5.92 Å². The molecule has 0 radical (unpaired) electrons. The van der Waals surface area contributed by atoms with Crippen molar-refractivity contribution in [3.63, 3.8) is 0 Å². The molecule has 0 bridgehead atoms. The molecule has 168 valence electrons. The van der Waals surface area contributed by atoms with Crippen molar-refractivity contribution >= 4 is 11.7 Å². The van der Waals surface area contributed by atoms with Crippen LogP contribution in [0.25, 0.3) is 0 Å². The molecule has 1 spiro atoms. The van der Waals surface area contributed by atoms with Gasteiger partial charge in [0.1, 0.15) is 0 Å². The monoisotopic (exact) mass is 434 g/mol. The summed E-state index contributed by atoms with van der Waals surface area (Å²) in [7, 11) is 4.70. The molecule has 3 atom stereocenters. The smallest absolute Gasteiger partial charge is 0.336 e. The van der Waals surface area contributed by atoms with Gasteiger partial charge in [0.05, 0.1) is 18.1 Å². The van der Waals surface area contributed by atoms with Crippen molar-refractivity contribution in [1.82, 2.24) is 4.90 Å². The second kappa shape index (κ2) is 8.35. The highest BCUT2D eigenvalue weighted by molar-refractivity contribution is 5.93. The lowest BCUT2D eigenvalue weighted by Crippen LogP contribution is -2.51. The number of hydrogen-bond donors (Lipinski definition) is 1. The second-order valence-electron chi connectivity index (χ2n) is 8.83. The van der Waals surface area contributed by atoms with Gasteiger partial charge in [0.25, 0.3) is 0 Å². The average molecular weight is 435 g/mol. The highest BCUT2D eigenvalue weighted by Crippen LogP contribution is 2.59. The number of para-hydroxylation sites is 1. The Bertz CT molecular complexity index is 1030. The van der Waals surface area contributed by atoms with Gasteiger partial charge < -0.3 is 19.5 Å². The Balaban J connectivity index is 1.66. The molecule has 32 heavy (non-hydrogen) atoms. The molecule has 0 unspecified atom stereocenters. The van der Waals surface area contributed by atoms with Crippen LogP contribution >= 0.6 is 0 Å². The maximum atomic E-state index is 13.1. The molecule has 1 saturated heterocycles. The first-order valence-electron chi connectivity index (χ1n) is 11.2. The Morgan fingerprint density at radius 1 is 1.09 bits per heavy atom. The minimum absolute atomic E-state index is 0.208. The Hall–Kier alpha value is -2.67. The van der Waals surface area contributed by atoms with Gasteiger partial charge >= 0.3 is 5.97 Å². The van der Waals surface area contributed by atoms with E-state index in [0.29, 0.717) is 5.57 Å². The molecule has 3 aliphatic rings. The highest BCUT2D eigenvalue weighted by Gasteiger charge is 2.60. The molecular weight excluding hydrogens is 404 g/mol. The van der Waals surface area contributed by atoms with Gasteiger partial charge in [-0.2, -0.15) is 0 Å². The molecule has 6 heteroatoms. The summed E-state index contributed by atoms with van der Waals surface area (Å²) in [4.78, 5) is 15.7. The van der Waals surface area contributed by atoms with E-state index in [2.05, 4.69) is 52.7 Å². The van der Waals surface area contributed by atoms with Crippen LogP contribution in [0.4, 0.5) is 5.69 Å². The number of benzene rings is 2. The van der Waals surface area contributed by atoms with E-state index < -0.39 is 6.29 Å². The summed E-state index contributed by atoms with van der Waals surface area (Å²) >= 11 is 0. The van der Waals surface area contributed by atoms with E-state index in [9.17, 15) is 4.79 Å². The van der Waals surface area contributed by atoms with Gasteiger partial charge in [-0.1, -0.05) is 48.5 Å². The number of ether oxygens (including phenoxy) is 3. The molecule has 0 aromatic heterocycles. The molecule has 2 aliphatic heterocycles. The summed E-state index contributed by atoms with van der Waals surface area (Å²) < 4.78 is 16.6. The van der Waals surface area contributed by atoms with Crippen LogP contribution in [-0.2, 0) is 31.0 Å². The number of nitrogens with one attached hydrogen (secondary N) is 1. The lowest BCUT2D eigenvalue weighted by atomic mass is 9.64. The molecular formula is C26H30N2O4. The molecule has 1 aliphatic carbocycles. The zero-order valence-corrected chi connectivity index (χ0v) is 18.8. The average Bonchev–Trinajstić information content (AvgIpc) is 3.36. The number of methoxy groups -OCH3 is 3. The Morgan fingerprint density at radius 2 is 1.81 bits per heavy atom. The SMILES string of the molecule is COC(=O)C1=C2Nc3ccccc3[C@@]23CCN(Cc2ccccc2)[C@H]3C[C@H]1C(OC)OC. The standard InChI is InChI=1S/C26H30N2O4/c1-30-24(29)22-18(25(31-2)32-3)15-21-26(19-11-7-8-12-20(19)27-23(22)26)13-14-28(21)16-17-9-5-4-6-10-17/h4-12,18,21,25,27H,13-16H2,1-3H3/t18-,21+,26-/m1/s1. The van der Waals surface area contributed by atoms with Gasteiger partial charge in [-0.15, -0.1) is 0 Å². The third kappa shape index (κ3) is 3.09. The molecule has 0 amide bonds. The van der Waals surface area contributed by atoms with E-state index in [1.54, 1.807) is 14.2 Å². The third-order valence-corrected chi connectivity index (χ3v) is 7.46. The minimum atomic E-state index is -0.528. The number of hydrogen-bond acceptors (Lipinski definition) is 6. The number of nitrogens with zero attached hydrogens (tertiary/aromatic N) is 1. The predicted octanol–water partition coefficient (Wildman–Crippen LogP) is 3.69. The molecule has 1 fully saturated rings. The van der Waals surface area contributed by atoms with Gasteiger partial charge in [0, 0.05) is 50.7 Å². The molecule has 2 aromatic carbocycles. The molecule has 2 aromatic rings. The Labute approximate surface area is 189 Å². The van der Waals surface area contributed by atoms with Crippen LogP contribution in [0.2, 0.25) is 0 Å². The lowest BCUT2D eigenvalue weighted by molar-refractivity contribution is -0.150. The van der Waals surface area contributed by atoms with Gasteiger partial charge in [0.15, 0.2) is 6.29 Å². The van der Waals surface area contributed by atoms with E-state index in [4.69, 9.17) is 14.2 Å². The van der Waals surface area contributed by atoms with Crippen LogP contribution in [0.15, 0.2) is 65.9 Å². The van der Waals surface area contributed by atoms with Crippen molar-refractivity contribution in [2.24, 2.45) is 5.92 Å². The first-order chi connectivity index (χ1) is 15.6. The molecule has 6 nitrogen and oxygen atoms in total.